The van der Waals surface area contributed by atoms with Crippen molar-refractivity contribution in [2.45, 2.75) is 44.1 Å². The van der Waals surface area contributed by atoms with Gasteiger partial charge in [-0.15, -0.1) is 5.10 Å². The summed E-state index contributed by atoms with van der Waals surface area (Å²) in [5.74, 6) is 1.23. The van der Waals surface area contributed by atoms with Gasteiger partial charge in [-0.05, 0) is 61.1 Å². The topological polar surface area (TPSA) is 103 Å². The molecule has 1 saturated heterocycles. The van der Waals surface area contributed by atoms with Gasteiger partial charge in [-0.1, -0.05) is 19.1 Å². The summed E-state index contributed by atoms with van der Waals surface area (Å²) >= 11 is 1.41. The Morgan fingerprint density at radius 3 is 2.43 bits per heavy atom. The van der Waals surface area contributed by atoms with Crippen LogP contribution in [0, 0.1) is 5.92 Å². The predicted molar refractivity (Wildman–Crippen MR) is 136 cm³/mol. The van der Waals surface area contributed by atoms with Gasteiger partial charge in [-0.3, -0.25) is 0 Å². The minimum atomic E-state index is -3.22. The smallest absolute Gasteiger partial charge is 0.294 e. The minimum absolute atomic E-state index is 0.0411. The molecule has 1 aromatic carbocycles. The van der Waals surface area contributed by atoms with Crippen molar-refractivity contribution in [2.75, 3.05) is 24.2 Å². The van der Waals surface area contributed by atoms with Crippen molar-refractivity contribution in [3.63, 3.8) is 0 Å². The first kappa shape index (κ1) is 23.7. The number of anilines is 1. The highest BCUT2D eigenvalue weighted by atomic mass is 32.2. The third kappa shape index (κ3) is 5.15. The van der Waals surface area contributed by atoms with E-state index in [0.29, 0.717) is 11.1 Å². The van der Waals surface area contributed by atoms with Gasteiger partial charge in [-0.25, -0.2) is 27.9 Å². The van der Waals surface area contributed by atoms with Gasteiger partial charge in [0.25, 0.3) is 5.19 Å². The highest BCUT2D eigenvalue weighted by molar-refractivity contribution is 7.90. The van der Waals surface area contributed by atoms with Gasteiger partial charge >= 0.3 is 0 Å². The maximum absolute atomic E-state index is 11.7. The standard InChI is InChI=1S/C24H28N6O3S2/c1-4-17-13-25-22(26-14-17)29-11-9-18(10-12-29)16(2)33-24-28-30-15-21(27-23(30)34-24)19-5-7-20(8-6-19)35(3,31)32/h5-8,13-16,18H,4,9-12H2,1-3H3/t16-/m1/s1. The number of fused-ring (bicyclic) bond motifs is 1. The van der Waals surface area contributed by atoms with Gasteiger partial charge in [0.15, 0.2) is 9.84 Å². The number of aromatic nitrogens is 5. The van der Waals surface area contributed by atoms with Crippen LogP contribution >= 0.6 is 11.3 Å². The monoisotopic (exact) mass is 512 g/mol. The van der Waals surface area contributed by atoms with Crippen molar-refractivity contribution in [1.29, 1.82) is 0 Å². The average Bonchev–Trinajstić information content (AvgIpc) is 3.42. The minimum Gasteiger partial charge on any atom is -0.466 e. The van der Waals surface area contributed by atoms with Crippen molar-refractivity contribution in [3.8, 4) is 16.5 Å². The Hall–Kier alpha value is -3.05. The Labute approximate surface area is 208 Å². The number of sulfone groups is 1. The highest BCUT2D eigenvalue weighted by Crippen LogP contribution is 2.30. The van der Waals surface area contributed by atoms with E-state index in [9.17, 15) is 8.42 Å². The van der Waals surface area contributed by atoms with Gasteiger partial charge < -0.3 is 9.64 Å². The van der Waals surface area contributed by atoms with E-state index in [-0.39, 0.29) is 11.0 Å². The number of benzene rings is 1. The second-order valence-electron chi connectivity index (χ2n) is 8.91. The van der Waals surface area contributed by atoms with Crippen LogP contribution in [0.2, 0.25) is 0 Å². The molecule has 3 aromatic heterocycles. The molecule has 9 nitrogen and oxygen atoms in total. The van der Waals surface area contributed by atoms with Gasteiger partial charge in [0.05, 0.1) is 16.8 Å². The molecular formula is C24H28N6O3S2. The lowest BCUT2D eigenvalue weighted by atomic mass is 9.92. The number of aryl methyl sites for hydroxylation is 1. The van der Waals surface area contributed by atoms with Crippen LogP contribution in [0.5, 0.6) is 5.19 Å². The number of hydrogen-bond donors (Lipinski definition) is 0. The van der Waals surface area contributed by atoms with Crippen LogP contribution in [0.15, 0.2) is 47.8 Å². The summed E-state index contributed by atoms with van der Waals surface area (Å²) in [7, 11) is -3.22. The lowest BCUT2D eigenvalue weighted by Gasteiger charge is -2.34. The molecule has 0 bridgehead atoms. The summed E-state index contributed by atoms with van der Waals surface area (Å²) in [6.07, 6.45) is 9.86. The third-order valence-corrected chi connectivity index (χ3v) is 8.42. The Kier molecular flexibility index (Phi) is 6.45. The largest absolute Gasteiger partial charge is 0.466 e. The molecule has 4 heterocycles. The fraction of sp³-hybridized carbons (Fsp3) is 0.417. The second-order valence-corrected chi connectivity index (χ2v) is 11.8. The van der Waals surface area contributed by atoms with Gasteiger partial charge in [-0.2, -0.15) is 0 Å². The predicted octanol–water partition coefficient (Wildman–Crippen LogP) is 3.90. The SMILES string of the molecule is CCc1cnc(N2CCC([C@@H](C)Oc3nn4cc(-c5ccc(S(C)(=O)=O)cc5)nc4s3)CC2)nc1. The third-order valence-electron chi connectivity index (χ3n) is 6.48. The first-order valence-corrected chi connectivity index (χ1v) is 14.4. The Bertz CT molecular complexity index is 1370. The van der Waals surface area contributed by atoms with Crippen LogP contribution in [-0.2, 0) is 16.3 Å². The summed E-state index contributed by atoms with van der Waals surface area (Å²) in [6.45, 7) is 6.02. The van der Waals surface area contributed by atoms with Crippen molar-refractivity contribution >= 4 is 32.1 Å². The normalized spacial score (nSPS) is 16.0. The molecule has 0 N–H and O–H groups in total. The molecule has 0 saturated carbocycles. The quantitative estimate of drug-likeness (QED) is 0.367. The van der Waals surface area contributed by atoms with Crippen LogP contribution in [0.3, 0.4) is 0 Å². The molecule has 35 heavy (non-hydrogen) atoms. The van der Waals surface area contributed by atoms with Crippen LogP contribution in [0.4, 0.5) is 5.95 Å². The first-order valence-electron chi connectivity index (χ1n) is 11.7. The molecule has 184 valence electrons. The maximum Gasteiger partial charge on any atom is 0.294 e. The lowest BCUT2D eigenvalue weighted by molar-refractivity contribution is 0.131. The zero-order chi connectivity index (χ0) is 24.6. The van der Waals surface area contributed by atoms with E-state index in [2.05, 4.69) is 38.8 Å². The fourth-order valence-electron chi connectivity index (χ4n) is 4.26. The van der Waals surface area contributed by atoms with E-state index < -0.39 is 9.84 Å². The van der Waals surface area contributed by atoms with Crippen molar-refractivity contribution in [3.05, 3.63) is 48.4 Å². The zero-order valence-corrected chi connectivity index (χ0v) is 21.6. The molecule has 0 spiro atoms. The molecule has 5 rings (SSSR count). The van der Waals surface area contributed by atoms with Crippen LogP contribution < -0.4 is 9.64 Å². The number of nitrogens with zero attached hydrogens (tertiary/aromatic N) is 6. The van der Waals surface area contributed by atoms with E-state index in [0.717, 1.165) is 60.1 Å². The molecule has 0 unspecified atom stereocenters. The summed E-state index contributed by atoms with van der Waals surface area (Å²) in [4.78, 5) is 16.9. The molecule has 1 fully saturated rings. The molecule has 1 aliphatic rings. The van der Waals surface area contributed by atoms with Gasteiger partial charge in [0, 0.05) is 37.3 Å². The molecule has 0 amide bonds. The summed E-state index contributed by atoms with van der Waals surface area (Å²) in [5, 5.41) is 5.15. The maximum atomic E-state index is 11.7. The lowest BCUT2D eigenvalue weighted by Crippen LogP contribution is -2.39. The fourth-order valence-corrected chi connectivity index (χ4v) is 5.71. The second kappa shape index (κ2) is 9.54. The zero-order valence-electron chi connectivity index (χ0n) is 20.0. The van der Waals surface area contributed by atoms with Gasteiger partial charge in [0.1, 0.15) is 6.10 Å². The van der Waals surface area contributed by atoms with E-state index in [4.69, 9.17) is 4.74 Å². The number of ether oxygens (including phenoxy) is 1. The van der Waals surface area contributed by atoms with E-state index in [1.165, 1.54) is 17.6 Å². The van der Waals surface area contributed by atoms with Crippen molar-refractivity contribution in [2.24, 2.45) is 5.92 Å². The van der Waals surface area contributed by atoms with E-state index in [1.54, 1.807) is 28.8 Å². The van der Waals surface area contributed by atoms with Crippen molar-refractivity contribution < 1.29 is 13.2 Å². The number of rotatable bonds is 7. The number of imidazole rings is 1. The molecule has 1 atom stereocenters. The Balaban J connectivity index is 1.19. The van der Waals surface area contributed by atoms with Crippen molar-refractivity contribution in [1.82, 2.24) is 24.6 Å². The first-order chi connectivity index (χ1) is 16.8. The number of piperidine rings is 1. The molecule has 1 aliphatic heterocycles. The van der Waals surface area contributed by atoms with Crippen LogP contribution in [0.25, 0.3) is 16.2 Å². The van der Waals surface area contributed by atoms with Crippen LogP contribution in [0.1, 0.15) is 32.3 Å². The van der Waals surface area contributed by atoms with E-state index in [1.807, 2.05) is 18.6 Å². The molecule has 0 aliphatic carbocycles. The van der Waals surface area contributed by atoms with E-state index >= 15 is 0 Å². The molecule has 0 radical (unpaired) electrons. The average molecular weight is 513 g/mol. The summed E-state index contributed by atoms with van der Waals surface area (Å²) in [5.41, 5.74) is 2.73. The number of hydrogen-bond acceptors (Lipinski definition) is 9. The summed E-state index contributed by atoms with van der Waals surface area (Å²) in [6, 6.07) is 6.72. The molecule has 4 aromatic rings. The highest BCUT2D eigenvalue weighted by Gasteiger charge is 2.27. The summed E-state index contributed by atoms with van der Waals surface area (Å²) < 4.78 is 31.3. The van der Waals surface area contributed by atoms with Crippen LogP contribution in [-0.4, -0.2) is 58.4 Å². The molecule has 11 heteroatoms. The molecular weight excluding hydrogens is 484 g/mol. The Morgan fingerprint density at radius 1 is 1.14 bits per heavy atom. The Morgan fingerprint density at radius 2 is 1.83 bits per heavy atom. The van der Waals surface area contributed by atoms with Gasteiger partial charge in [0.2, 0.25) is 10.9 Å².